The van der Waals surface area contributed by atoms with Gasteiger partial charge in [-0.15, -0.1) is 0 Å². The van der Waals surface area contributed by atoms with Gasteiger partial charge >= 0.3 is 58.4 Å². The van der Waals surface area contributed by atoms with E-state index in [4.69, 9.17) is 21.7 Å². The van der Waals surface area contributed by atoms with Gasteiger partial charge in [0.25, 0.3) is 0 Å². The third-order valence-electron chi connectivity index (χ3n) is 6.44. The van der Waals surface area contributed by atoms with E-state index in [1.54, 1.807) is 26.7 Å². The van der Waals surface area contributed by atoms with Crippen molar-refractivity contribution in [1.82, 2.24) is 30.6 Å². The Bertz CT molecular complexity index is 1490. The van der Waals surface area contributed by atoms with Crippen molar-refractivity contribution in [2.24, 2.45) is 21.5 Å². The molecule has 2 rings (SSSR count). The molecule has 0 aromatic carbocycles. The van der Waals surface area contributed by atoms with E-state index in [2.05, 4.69) is 40.6 Å². The number of aliphatic imine (C=N–C) groups is 2. The number of guanidine groups is 2. The summed E-state index contributed by atoms with van der Waals surface area (Å²) in [4.78, 5) is 82.2. The Kier molecular flexibility index (Phi) is 38.3. The molecule has 0 aliphatic rings. The van der Waals surface area contributed by atoms with Crippen LogP contribution >= 0.6 is 23.5 Å². The largest absolute Gasteiger partial charge is 2.00 e. The summed E-state index contributed by atoms with van der Waals surface area (Å²) in [7, 11) is 3.34. The quantitative estimate of drug-likeness (QED) is 0.0264. The number of thioether (sulfide) groups is 2. The van der Waals surface area contributed by atoms with Gasteiger partial charge in [0.2, 0.25) is 0 Å². The second-order valence-electron chi connectivity index (χ2n) is 11.0. The van der Waals surface area contributed by atoms with Crippen molar-refractivity contribution in [3.05, 3.63) is 35.4 Å². The summed E-state index contributed by atoms with van der Waals surface area (Å²) in [6.07, 6.45) is -1.98. The maximum Gasteiger partial charge on any atom is 2.00 e. The van der Waals surface area contributed by atoms with Crippen LogP contribution in [0.4, 0.5) is 0 Å². The van der Waals surface area contributed by atoms with Crippen LogP contribution in [0, 0.1) is 13.8 Å². The molecule has 0 spiro atoms. The number of aliphatic hydroxyl groups is 2. The summed E-state index contributed by atoms with van der Waals surface area (Å²) < 4.78 is 0. The fourth-order valence-corrected chi connectivity index (χ4v) is 5.18. The molecule has 2 heterocycles. The maximum atomic E-state index is 10.1. The predicted molar refractivity (Wildman–Crippen MR) is 188 cm³/mol. The molecular formula is C30H44N10O14S2Zn3. The molecule has 0 amide bonds. The van der Waals surface area contributed by atoms with Gasteiger partial charge in [-0.25, -0.2) is 9.97 Å². The predicted octanol–water partition coefficient (Wildman–Crippen LogP) is -9.54. The van der Waals surface area contributed by atoms with Crippen LogP contribution in [0.25, 0.3) is 0 Å². The average molecular weight is 1030 g/mol. The molecule has 0 saturated carbocycles. The average Bonchev–Trinajstić information content (AvgIpc) is 3.69. The summed E-state index contributed by atoms with van der Waals surface area (Å²) in [5, 5.41) is 83.9. The zero-order chi connectivity index (χ0) is 43.5. The van der Waals surface area contributed by atoms with Crippen LogP contribution < -0.4 is 52.7 Å². The summed E-state index contributed by atoms with van der Waals surface area (Å²) in [5.41, 5.74) is 9.56. The molecule has 2 aromatic heterocycles. The molecule has 10 N–H and O–H groups in total. The number of aryl methyl sites for hydroxylation is 2. The summed E-state index contributed by atoms with van der Waals surface area (Å²) in [5.74, 6) is -7.15. The third-order valence-corrected chi connectivity index (χ3v) is 8.38. The van der Waals surface area contributed by atoms with Crippen LogP contribution in [0.5, 0.6) is 0 Å². The zero-order valence-electron chi connectivity index (χ0n) is 32.9. The minimum absolute atomic E-state index is 0. The van der Waals surface area contributed by atoms with Crippen LogP contribution in [-0.2, 0) is 98.7 Å². The van der Waals surface area contributed by atoms with Crippen molar-refractivity contribution in [3.8, 4) is 0 Å². The Morgan fingerprint density at radius 2 is 0.915 bits per heavy atom. The number of nitrogens with one attached hydrogen (secondary N) is 4. The molecule has 0 radical (unpaired) electrons. The molecule has 0 saturated heterocycles. The van der Waals surface area contributed by atoms with E-state index < -0.39 is 72.7 Å². The molecule has 24 nitrogen and oxygen atoms in total. The number of carboxylic acids is 6. The number of aliphatic carboxylic acids is 6. The first kappa shape index (κ1) is 64.4. The smallest absolute Gasteiger partial charge is 0.550 e. The number of aromatic nitrogens is 4. The third kappa shape index (κ3) is 31.8. The molecule has 59 heavy (non-hydrogen) atoms. The van der Waals surface area contributed by atoms with E-state index in [1.807, 2.05) is 37.4 Å². The van der Waals surface area contributed by atoms with E-state index in [0.717, 1.165) is 58.9 Å². The Balaban J connectivity index is -0.000000217. The molecule has 2 aromatic rings. The monoisotopic (exact) mass is 1020 g/mol. The standard InChI is InChI=1S/2C9H17N5S.2C6H8O7.3Zn/c2*1-7-8(14-6-13-7)5-15-4-3-12-9(10)11-2;2*7-3(8)1-6(13,5(11)12)2-4(9)10;;;/h2*6H,3-5H2,1-2H3,(H,13,14)(H3,10,11,12);2*13H,1-2H2,(H,7,8)(H,9,10)(H,11,12);;;/q;;;;3*+2/p-6. The van der Waals surface area contributed by atoms with Gasteiger partial charge in [-0.2, -0.15) is 23.5 Å². The number of nitrogens with zero attached hydrogens (tertiary/aromatic N) is 4. The minimum Gasteiger partial charge on any atom is -0.550 e. The fraction of sp³-hybridized carbons (Fsp3) is 0.533. The van der Waals surface area contributed by atoms with Crippen LogP contribution in [0.1, 0.15) is 48.5 Å². The van der Waals surface area contributed by atoms with Gasteiger partial charge in [-0.05, 0) is 13.8 Å². The Hall–Kier alpha value is -3.73. The van der Waals surface area contributed by atoms with Gasteiger partial charge in [0, 0.05) is 111 Å². The van der Waals surface area contributed by atoms with Crippen molar-refractivity contribution in [3.63, 3.8) is 0 Å². The van der Waals surface area contributed by atoms with E-state index in [1.165, 1.54) is 0 Å². The van der Waals surface area contributed by atoms with Gasteiger partial charge in [0.05, 0.1) is 36.0 Å². The number of hydrogen-bond donors (Lipinski definition) is 8. The van der Waals surface area contributed by atoms with E-state index in [-0.39, 0.29) is 58.4 Å². The number of nitrogens with two attached hydrogens (primary N) is 2. The van der Waals surface area contributed by atoms with Gasteiger partial charge in [-0.3, -0.25) is 9.98 Å². The Labute approximate surface area is 385 Å². The van der Waals surface area contributed by atoms with Crippen LogP contribution in [-0.4, -0.2) is 128 Å². The fourth-order valence-electron chi connectivity index (χ4n) is 3.43. The topological polar surface area (TPSA) is 439 Å². The van der Waals surface area contributed by atoms with Crippen LogP contribution in [0.15, 0.2) is 22.6 Å². The van der Waals surface area contributed by atoms with E-state index in [0.29, 0.717) is 11.9 Å². The molecule has 0 aliphatic heterocycles. The number of imidazole rings is 2. The molecule has 0 unspecified atom stereocenters. The molecule has 29 heteroatoms. The second-order valence-corrected chi connectivity index (χ2v) is 13.2. The zero-order valence-corrected chi connectivity index (χ0v) is 43.4. The number of rotatable bonds is 20. The minimum atomic E-state index is -2.97. The van der Waals surface area contributed by atoms with Gasteiger partial charge in [0.1, 0.15) is 11.2 Å². The van der Waals surface area contributed by atoms with Crippen molar-refractivity contribution in [2.45, 2.75) is 62.2 Å². The SMILES string of the molecule is CN=C(N)NCCSCc1nc[nH]c1C.CN=C(N)NCCSCc1nc[nH]c1C.O=C([O-])CC(O)(CC(=O)[O-])C(=O)[O-].O=C([O-])CC(O)(CC(=O)[O-])C(=O)[O-].[Zn+2].[Zn+2].[Zn+2]. The van der Waals surface area contributed by atoms with Gasteiger partial charge in [-0.1, -0.05) is 0 Å². The number of carbonyl (C=O) groups is 6. The first-order valence-electron chi connectivity index (χ1n) is 15.8. The Morgan fingerprint density at radius 3 is 1.10 bits per heavy atom. The molecule has 0 fully saturated rings. The van der Waals surface area contributed by atoms with Crippen LogP contribution in [0.2, 0.25) is 0 Å². The Morgan fingerprint density at radius 1 is 0.644 bits per heavy atom. The first-order chi connectivity index (χ1) is 26.0. The molecule has 0 bridgehead atoms. The number of H-pyrrole nitrogens is 2. The summed E-state index contributed by atoms with van der Waals surface area (Å²) in [6, 6.07) is 0. The van der Waals surface area contributed by atoms with Gasteiger partial charge < -0.3 is 102 Å². The maximum absolute atomic E-state index is 10.1. The molecular weight excluding hydrogens is 985 g/mol. The molecule has 0 aliphatic carbocycles. The number of hydrogen-bond acceptors (Lipinski definition) is 20. The summed E-state index contributed by atoms with van der Waals surface area (Å²) in [6.45, 7) is 5.72. The normalized spacial score (nSPS) is 10.7. The van der Waals surface area contributed by atoms with E-state index in [9.17, 15) is 59.4 Å². The summed E-state index contributed by atoms with van der Waals surface area (Å²) >= 11 is 3.64. The van der Waals surface area contributed by atoms with Crippen molar-refractivity contribution < 1.29 is 128 Å². The van der Waals surface area contributed by atoms with Gasteiger partial charge in [0.15, 0.2) is 11.9 Å². The van der Waals surface area contributed by atoms with E-state index >= 15 is 0 Å². The van der Waals surface area contributed by atoms with Crippen molar-refractivity contribution >= 4 is 71.3 Å². The van der Waals surface area contributed by atoms with Crippen LogP contribution in [0.3, 0.4) is 0 Å². The number of carboxylic acid groups (broad SMARTS) is 6. The van der Waals surface area contributed by atoms with Crippen molar-refractivity contribution in [2.75, 3.05) is 38.7 Å². The second kappa shape index (κ2) is 35.1. The van der Waals surface area contributed by atoms with Crippen molar-refractivity contribution in [1.29, 1.82) is 0 Å². The number of carbonyl (C=O) groups excluding carboxylic acids is 6. The first-order valence-corrected chi connectivity index (χ1v) is 18.1. The molecule has 316 valence electrons. The number of aromatic amines is 2. The molecule has 0 atom stereocenters.